The molecule has 27 heavy (non-hydrogen) atoms. The fourth-order valence-corrected chi connectivity index (χ4v) is 3.45. The molecule has 7 nitrogen and oxygen atoms in total. The Kier molecular flexibility index (Phi) is 6.70. The molecule has 0 aromatic heterocycles. The van der Waals surface area contributed by atoms with Crippen molar-refractivity contribution in [3.8, 4) is 0 Å². The smallest absolute Gasteiger partial charge is 0.338 e. The Hall–Kier alpha value is -2.71. The maximum atomic E-state index is 12.2. The minimum absolute atomic E-state index is 0.0951. The van der Waals surface area contributed by atoms with Crippen molar-refractivity contribution in [3.63, 3.8) is 0 Å². The maximum absolute atomic E-state index is 12.2. The summed E-state index contributed by atoms with van der Waals surface area (Å²) in [7, 11) is -3.60. The number of ether oxygens (including phenoxy) is 1. The molecule has 0 radical (unpaired) electrons. The fraction of sp³-hybridized carbons (Fsp3) is 0.263. The minimum Gasteiger partial charge on any atom is -0.449 e. The number of hydrogen-bond donors (Lipinski definition) is 2. The summed E-state index contributed by atoms with van der Waals surface area (Å²) < 4.78 is 31.8. The summed E-state index contributed by atoms with van der Waals surface area (Å²) in [6, 6.07) is 13.9. The lowest BCUT2D eigenvalue weighted by Gasteiger charge is -2.14. The minimum atomic E-state index is -3.60. The third-order valence-corrected chi connectivity index (χ3v) is 5.16. The van der Waals surface area contributed by atoms with Crippen LogP contribution in [-0.4, -0.2) is 32.4 Å². The molecule has 0 spiro atoms. The van der Waals surface area contributed by atoms with Crippen LogP contribution < -0.4 is 10.0 Å². The second kappa shape index (κ2) is 8.79. The molecule has 0 aliphatic rings. The molecule has 0 bridgehead atoms. The van der Waals surface area contributed by atoms with Crippen molar-refractivity contribution >= 4 is 27.6 Å². The summed E-state index contributed by atoms with van der Waals surface area (Å²) in [6.45, 7) is 4.91. The van der Waals surface area contributed by atoms with Gasteiger partial charge in [-0.2, -0.15) is 0 Å². The van der Waals surface area contributed by atoms with E-state index >= 15 is 0 Å². The van der Waals surface area contributed by atoms with Crippen LogP contribution in [0.5, 0.6) is 0 Å². The van der Waals surface area contributed by atoms with Gasteiger partial charge in [-0.15, -0.1) is 0 Å². The van der Waals surface area contributed by atoms with Crippen molar-refractivity contribution in [1.82, 2.24) is 4.72 Å². The Labute approximate surface area is 158 Å². The lowest BCUT2D eigenvalue weighted by molar-refractivity contribution is -0.123. The molecule has 0 fully saturated rings. The summed E-state index contributed by atoms with van der Waals surface area (Å²) in [5, 5.41) is 2.59. The summed E-state index contributed by atoms with van der Waals surface area (Å²) >= 11 is 0. The van der Waals surface area contributed by atoms with Crippen molar-refractivity contribution in [1.29, 1.82) is 0 Å². The monoisotopic (exact) mass is 390 g/mol. The molecule has 1 unspecified atom stereocenters. The molecular formula is C19H22N2O5S. The summed E-state index contributed by atoms with van der Waals surface area (Å²) in [4.78, 5) is 24.3. The van der Waals surface area contributed by atoms with Gasteiger partial charge in [0.05, 0.1) is 10.5 Å². The van der Waals surface area contributed by atoms with Crippen LogP contribution in [0.3, 0.4) is 0 Å². The van der Waals surface area contributed by atoms with Gasteiger partial charge >= 0.3 is 5.97 Å². The topological polar surface area (TPSA) is 102 Å². The van der Waals surface area contributed by atoms with Gasteiger partial charge in [-0.1, -0.05) is 18.2 Å². The Morgan fingerprint density at radius 2 is 1.52 bits per heavy atom. The van der Waals surface area contributed by atoms with E-state index in [2.05, 4.69) is 10.0 Å². The van der Waals surface area contributed by atoms with E-state index in [1.54, 1.807) is 44.2 Å². The van der Waals surface area contributed by atoms with E-state index < -0.39 is 28.0 Å². The summed E-state index contributed by atoms with van der Waals surface area (Å²) in [5.74, 6) is -1.12. The Morgan fingerprint density at radius 1 is 0.926 bits per heavy atom. The van der Waals surface area contributed by atoms with Crippen molar-refractivity contribution in [2.75, 3.05) is 5.32 Å². The van der Waals surface area contributed by atoms with E-state index in [0.29, 0.717) is 11.3 Å². The Balaban J connectivity index is 1.98. The highest BCUT2D eigenvalue weighted by atomic mass is 32.2. The predicted molar refractivity (Wildman–Crippen MR) is 102 cm³/mol. The zero-order valence-electron chi connectivity index (χ0n) is 15.3. The van der Waals surface area contributed by atoms with Crippen LogP contribution in [0, 0.1) is 0 Å². The number of hydrogen-bond acceptors (Lipinski definition) is 5. The zero-order valence-corrected chi connectivity index (χ0v) is 16.1. The van der Waals surface area contributed by atoms with Gasteiger partial charge in [0, 0.05) is 11.7 Å². The first-order chi connectivity index (χ1) is 12.7. The zero-order chi connectivity index (χ0) is 20.0. The number of anilines is 1. The van der Waals surface area contributed by atoms with Gasteiger partial charge in [0.2, 0.25) is 10.0 Å². The van der Waals surface area contributed by atoms with Crippen LogP contribution in [0.15, 0.2) is 59.5 Å². The number of sulfonamides is 1. The van der Waals surface area contributed by atoms with Crippen LogP contribution in [0.2, 0.25) is 0 Å². The summed E-state index contributed by atoms with van der Waals surface area (Å²) in [6.07, 6.45) is -1.01. The number of rotatable bonds is 7. The van der Waals surface area contributed by atoms with Crippen LogP contribution in [0.25, 0.3) is 0 Å². The van der Waals surface area contributed by atoms with Gasteiger partial charge in [0.25, 0.3) is 5.91 Å². The van der Waals surface area contributed by atoms with Crippen molar-refractivity contribution in [2.45, 2.75) is 37.8 Å². The molecule has 0 saturated heterocycles. The average molecular weight is 390 g/mol. The van der Waals surface area contributed by atoms with E-state index in [-0.39, 0.29) is 10.9 Å². The van der Waals surface area contributed by atoms with Crippen LogP contribution >= 0.6 is 0 Å². The van der Waals surface area contributed by atoms with E-state index in [4.69, 9.17) is 4.74 Å². The maximum Gasteiger partial charge on any atom is 0.338 e. The van der Waals surface area contributed by atoms with Gasteiger partial charge in [-0.05, 0) is 57.2 Å². The number of amides is 1. The number of esters is 1. The Morgan fingerprint density at radius 3 is 2.07 bits per heavy atom. The first kappa shape index (κ1) is 20.6. The predicted octanol–water partition coefficient (Wildman–Crippen LogP) is 2.56. The lowest BCUT2D eigenvalue weighted by Crippen LogP contribution is -2.30. The molecule has 0 aliphatic heterocycles. The second-order valence-electron chi connectivity index (χ2n) is 6.20. The fourth-order valence-electron chi connectivity index (χ4n) is 2.20. The standard InChI is InChI=1S/C19H22N2O5S/c1-13(2)21-27(24,25)17-11-9-16(10-12-17)20-18(22)14(3)26-19(23)15-7-5-4-6-8-15/h4-14,21H,1-3H3,(H,20,22). The van der Waals surface area contributed by atoms with Crippen molar-refractivity contribution in [3.05, 3.63) is 60.2 Å². The molecular weight excluding hydrogens is 368 g/mol. The van der Waals surface area contributed by atoms with Crippen molar-refractivity contribution in [2.24, 2.45) is 0 Å². The average Bonchev–Trinajstić information content (AvgIpc) is 2.61. The van der Waals surface area contributed by atoms with E-state index in [1.807, 2.05) is 0 Å². The molecule has 0 saturated carbocycles. The molecule has 2 rings (SSSR count). The lowest BCUT2D eigenvalue weighted by atomic mass is 10.2. The molecule has 1 amide bonds. The van der Waals surface area contributed by atoms with Gasteiger partial charge in [-0.25, -0.2) is 17.9 Å². The highest BCUT2D eigenvalue weighted by molar-refractivity contribution is 7.89. The number of carbonyl (C=O) groups is 2. The molecule has 1 atom stereocenters. The van der Waals surface area contributed by atoms with Gasteiger partial charge in [0.15, 0.2) is 6.10 Å². The van der Waals surface area contributed by atoms with E-state index in [9.17, 15) is 18.0 Å². The van der Waals surface area contributed by atoms with Gasteiger partial charge in [-0.3, -0.25) is 4.79 Å². The molecule has 2 aromatic carbocycles. The third-order valence-electron chi connectivity index (χ3n) is 3.49. The van der Waals surface area contributed by atoms with Gasteiger partial charge in [0.1, 0.15) is 0 Å². The van der Waals surface area contributed by atoms with E-state index in [0.717, 1.165) is 0 Å². The highest BCUT2D eigenvalue weighted by Gasteiger charge is 2.20. The number of benzene rings is 2. The van der Waals surface area contributed by atoms with Crippen LogP contribution in [0.1, 0.15) is 31.1 Å². The molecule has 2 N–H and O–H groups in total. The Bertz CT molecular complexity index is 893. The second-order valence-corrected chi connectivity index (χ2v) is 7.92. The largest absolute Gasteiger partial charge is 0.449 e. The summed E-state index contributed by atoms with van der Waals surface area (Å²) in [5.41, 5.74) is 0.746. The molecule has 2 aromatic rings. The van der Waals surface area contributed by atoms with Crippen LogP contribution in [-0.2, 0) is 19.6 Å². The number of carbonyl (C=O) groups excluding carboxylic acids is 2. The molecule has 0 heterocycles. The number of nitrogens with one attached hydrogen (secondary N) is 2. The molecule has 144 valence electrons. The molecule has 8 heteroatoms. The van der Waals surface area contributed by atoms with Crippen molar-refractivity contribution < 1.29 is 22.7 Å². The van der Waals surface area contributed by atoms with E-state index in [1.165, 1.54) is 31.2 Å². The third kappa shape index (κ3) is 5.90. The van der Waals surface area contributed by atoms with Gasteiger partial charge < -0.3 is 10.1 Å². The molecule has 0 aliphatic carbocycles. The first-order valence-electron chi connectivity index (χ1n) is 8.38. The normalized spacial score (nSPS) is 12.4. The first-order valence-corrected chi connectivity index (χ1v) is 9.86. The SMILES string of the molecule is CC(C)NS(=O)(=O)c1ccc(NC(=O)C(C)OC(=O)c2ccccc2)cc1. The quantitative estimate of drug-likeness (QED) is 0.708. The van der Waals surface area contributed by atoms with Crippen LogP contribution in [0.4, 0.5) is 5.69 Å². The highest BCUT2D eigenvalue weighted by Crippen LogP contribution is 2.15.